The summed E-state index contributed by atoms with van der Waals surface area (Å²) in [6.45, 7) is 6.83. The first-order chi connectivity index (χ1) is 9.29. The number of nitrogens with one attached hydrogen (secondary N) is 1. The van der Waals surface area contributed by atoms with Crippen LogP contribution in [0, 0.1) is 5.92 Å². The van der Waals surface area contributed by atoms with Crippen molar-refractivity contribution in [2.45, 2.75) is 38.1 Å². The molecule has 0 spiro atoms. The number of hydrogen-bond donors (Lipinski definition) is 1. The molecule has 20 heavy (non-hydrogen) atoms. The fourth-order valence-electron chi connectivity index (χ4n) is 1.92. The molecule has 1 rings (SSSR count). The molecule has 1 unspecified atom stereocenters. The molecule has 0 saturated heterocycles. The maximum absolute atomic E-state index is 12.5. The number of benzene rings is 1. The van der Waals surface area contributed by atoms with Gasteiger partial charge in [-0.25, -0.2) is 8.42 Å². The number of halogens is 2. The first kappa shape index (κ1) is 17.8. The first-order valence-corrected chi connectivity index (χ1v) is 9.10. The Morgan fingerprint density at radius 1 is 1.20 bits per heavy atom. The predicted molar refractivity (Wildman–Crippen MR) is 85.4 cm³/mol. The summed E-state index contributed by atoms with van der Waals surface area (Å²) < 4.78 is 25.1. The van der Waals surface area contributed by atoms with Crippen molar-refractivity contribution in [2.75, 3.05) is 12.3 Å². The lowest BCUT2D eigenvalue weighted by atomic mass is 10.1. The Morgan fingerprint density at radius 3 is 2.20 bits per heavy atom. The van der Waals surface area contributed by atoms with Gasteiger partial charge in [0.25, 0.3) is 0 Å². The molecule has 0 aliphatic rings. The van der Waals surface area contributed by atoms with Crippen LogP contribution in [0.1, 0.15) is 27.2 Å². The minimum absolute atomic E-state index is 0.00583. The van der Waals surface area contributed by atoms with Crippen LogP contribution in [0.15, 0.2) is 23.1 Å². The van der Waals surface area contributed by atoms with Gasteiger partial charge in [-0.3, -0.25) is 0 Å². The van der Waals surface area contributed by atoms with Crippen LogP contribution in [0.5, 0.6) is 0 Å². The molecule has 1 N–H and O–H groups in total. The van der Waals surface area contributed by atoms with Crippen LogP contribution in [-0.2, 0) is 9.84 Å². The summed E-state index contributed by atoms with van der Waals surface area (Å²) >= 11 is 12.0. The van der Waals surface area contributed by atoms with Gasteiger partial charge in [0.2, 0.25) is 0 Å². The van der Waals surface area contributed by atoms with Gasteiger partial charge in [-0.2, -0.15) is 0 Å². The van der Waals surface area contributed by atoms with Crippen LogP contribution in [0.4, 0.5) is 0 Å². The second kappa shape index (κ2) is 7.64. The molecule has 1 aromatic rings. The predicted octanol–water partition coefficient (Wildman–Crippen LogP) is 3.79. The van der Waals surface area contributed by atoms with E-state index in [2.05, 4.69) is 5.32 Å². The quantitative estimate of drug-likeness (QED) is 0.823. The standard InChI is InChI=1S/C14H21Cl2NO2S/c1-4-8-17-13(10(2)3)9-20(18,19)14-11(15)6-5-7-12(14)16/h5-7,10,13,17H,4,8-9H2,1-3H3. The molecule has 0 amide bonds. The van der Waals surface area contributed by atoms with Crippen LogP contribution >= 0.6 is 23.2 Å². The summed E-state index contributed by atoms with van der Waals surface area (Å²) in [5, 5.41) is 3.62. The van der Waals surface area contributed by atoms with Gasteiger partial charge >= 0.3 is 0 Å². The SMILES string of the molecule is CCCNC(CS(=O)(=O)c1c(Cl)cccc1Cl)C(C)C. The molecule has 0 aromatic heterocycles. The highest BCUT2D eigenvalue weighted by molar-refractivity contribution is 7.91. The molecule has 1 aromatic carbocycles. The largest absolute Gasteiger partial charge is 0.313 e. The van der Waals surface area contributed by atoms with Crippen molar-refractivity contribution in [1.29, 1.82) is 0 Å². The average Bonchev–Trinajstić information content (AvgIpc) is 2.33. The van der Waals surface area contributed by atoms with Crippen LogP contribution in [0.25, 0.3) is 0 Å². The molecule has 0 fully saturated rings. The van der Waals surface area contributed by atoms with E-state index < -0.39 is 9.84 Å². The molecule has 1 atom stereocenters. The van der Waals surface area contributed by atoms with Crippen molar-refractivity contribution >= 4 is 33.0 Å². The van der Waals surface area contributed by atoms with Gasteiger partial charge in [-0.05, 0) is 31.0 Å². The Kier molecular flexibility index (Phi) is 6.79. The van der Waals surface area contributed by atoms with E-state index in [0.717, 1.165) is 13.0 Å². The summed E-state index contributed by atoms with van der Waals surface area (Å²) in [5.41, 5.74) is 0. The van der Waals surface area contributed by atoms with E-state index >= 15 is 0 Å². The van der Waals surface area contributed by atoms with E-state index in [1.165, 1.54) is 0 Å². The smallest absolute Gasteiger partial charge is 0.182 e. The van der Waals surface area contributed by atoms with Gasteiger partial charge in [0.1, 0.15) is 4.90 Å². The highest BCUT2D eigenvalue weighted by Gasteiger charge is 2.27. The number of rotatable bonds is 7. The van der Waals surface area contributed by atoms with Crippen molar-refractivity contribution in [1.82, 2.24) is 5.32 Å². The zero-order chi connectivity index (χ0) is 15.3. The van der Waals surface area contributed by atoms with Gasteiger partial charge in [0, 0.05) is 6.04 Å². The molecule has 0 bridgehead atoms. The molecule has 0 aliphatic carbocycles. The van der Waals surface area contributed by atoms with Crippen LogP contribution < -0.4 is 5.32 Å². The van der Waals surface area contributed by atoms with E-state index in [0.29, 0.717) is 0 Å². The van der Waals surface area contributed by atoms with Gasteiger partial charge in [0.05, 0.1) is 15.8 Å². The molecule has 3 nitrogen and oxygen atoms in total. The summed E-state index contributed by atoms with van der Waals surface area (Å²) in [5.74, 6) is 0.200. The van der Waals surface area contributed by atoms with Gasteiger partial charge in [0.15, 0.2) is 9.84 Å². The normalized spacial score (nSPS) is 13.7. The summed E-state index contributed by atoms with van der Waals surface area (Å²) in [6, 6.07) is 4.61. The van der Waals surface area contributed by atoms with Gasteiger partial charge in [-0.15, -0.1) is 0 Å². The van der Waals surface area contributed by atoms with Crippen molar-refractivity contribution in [2.24, 2.45) is 5.92 Å². The zero-order valence-corrected chi connectivity index (χ0v) is 14.3. The lowest BCUT2D eigenvalue weighted by Gasteiger charge is -2.22. The maximum atomic E-state index is 12.5. The van der Waals surface area contributed by atoms with Crippen molar-refractivity contribution in [3.05, 3.63) is 28.2 Å². The highest BCUT2D eigenvalue weighted by atomic mass is 35.5. The molecule has 0 radical (unpaired) electrons. The van der Waals surface area contributed by atoms with E-state index in [1.54, 1.807) is 18.2 Å². The Morgan fingerprint density at radius 2 is 1.75 bits per heavy atom. The summed E-state index contributed by atoms with van der Waals surface area (Å²) in [4.78, 5) is 0.0345. The first-order valence-electron chi connectivity index (χ1n) is 6.69. The van der Waals surface area contributed by atoms with Crippen LogP contribution in [0.3, 0.4) is 0 Å². The molecule has 0 aliphatic heterocycles. The van der Waals surface area contributed by atoms with Gasteiger partial charge in [-0.1, -0.05) is 50.0 Å². The zero-order valence-electron chi connectivity index (χ0n) is 12.0. The van der Waals surface area contributed by atoms with Crippen LogP contribution in [0.2, 0.25) is 10.0 Å². The van der Waals surface area contributed by atoms with Crippen molar-refractivity contribution in [3.8, 4) is 0 Å². The van der Waals surface area contributed by atoms with Gasteiger partial charge < -0.3 is 5.32 Å². The van der Waals surface area contributed by atoms with Crippen LogP contribution in [-0.4, -0.2) is 26.8 Å². The van der Waals surface area contributed by atoms with Crippen molar-refractivity contribution < 1.29 is 8.42 Å². The third kappa shape index (κ3) is 4.62. The summed E-state index contributed by atoms with van der Waals surface area (Å²) in [7, 11) is -3.52. The monoisotopic (exact) mass is 337 g/mol. The summed E-state index contributed by atoms with van der Waals surface area (Å²) in [6.07, 6.45) is 0.954. The fraction of sp³-hybridized carbons (Fsp3) is 0.571. The minimum atomic E-state index is -3.52. The second-order valence-corrected chi connectivity index (χ2v) is 7.92. The second-order valence-electron chi connectivity index (χ2n) is 5.14. The number of sulfone groups is 1. The van der Waals surface area contributed by atoms with Crippen molar-refractivity contribution in [3.63, 3.8) is 0 Å². The average molecular weight is 338 g/mol. The third-order valence-corrected chi connectivity index (χ3v) is 5.80. The molecule has 0 heterocycles. The van der Waals surface area contributed by atoms with E-state index in [4.69, 9.17) is 23.2 Å². The van der Waals surface area contributed by atoms with E-state index in [-0.39, 0.29) is 32.7 Å². The Bertz CT molecular complexity index is 524. The van der Waals surface area contributed by atoms with E-state index in [1.807, 2.05) is 20.8 Å². The molecular formula is C14H21Cl2NO2S. The lowest BCUT2D eigenvalue weighted by molar-refractivity contribution is 0.426. The fourth-order valence-corrected chi connectivity index (χ4v) is 4.89. The Labute approximate surface area is 131 Å². The molecule has 0 saturated carbocycles. The maximum Gasteiger partial charge on any atom is 0.182 e. The van der Waals surface area contributed by atoms with E-state index in [9.17, 15) is 8.42 Å². The molecular weight excluding hydrogens is 317 g/mol. The number of hydrogen-bond acceptors (Lipinski definition) is 3. The third-order valence-electron chi connectivity index (χ3n) is 3.09. The minimum Gasteiger partial charge on any atom is -0.313 e. The molecule has 114 valence electrons. The molecule has 6 heteroatoms. The Balaban J connectivity index is 3.04. The Hall–Kier alpha value is -0.290. The highest BCUT2D eigenvalue weighted by Crippen LogP contribution is 2.30. The topological polar surface area (TPSA) is 46.2 Å². The lowest BCUT2D eigenvalue weighted by Crippen LogP contribution is -2.40.